The van der Waals surface area contributed by atoms with Crippen molar-refractivity contribution >= 4 is 27.8 Å². The van der Waals surface area contributed by atoms with E-state index in [1.165, 1.54) is 0 Å². The molecule has 0 bridgehead atoms. The number of rotatable bonds is 6. The largest absolute Gasteiger partial charge is 0.496 e. The fraction of sp³-hybridized carbons (Fsp3) is 0.231. The summed E-state index contributed by atoms with van der Waals surface area (Å²) in [6, 6.07) is 13.6. The van der Waals surface area contributed by atoms with Gasteiger partial charge in [0, 0.05) is 22.0 Å². The maximum absolute atomic E-state index is 10.1. The second-order valence-electron chi connectivity index (χ2n) is 8.21. The van der Waals surface area contributed by atoms with Crippen molar-refractivity contribution in [3.63, 3.8) is 0 Å². The van der Waals surface area contributed by atoms with Crippen molar-refractivity contribution in [1.29, 1.82) is 0 Å². The fourth-order valence-corrected chi connectivity index (χ4v) is 4.46. The average Bonchev–Trinajstić information content (AvgIpc) is 3.34. The Kier molecular flexibility index (Phi) is 5.26. The van der Waals surface area contributed by atoms with Crippen molar-refractivity contribution in [2.75, 3.05) is 19.0 Å². The molecule has 3 heterocycles. The highest BCUT2D eigenvalue weighted by Crippen LogP contribution is 2.41. The second kappa shape index (κ2) is 8.26. The number of fused-ring (bicyclic) bond motifs is 3. The zero-order chi connectivity index (χ0) is 23.1. The van der Waals surface area contributed by atoms with E-state index in [2.05, 4.69) is 26.3 Å². The van der Waals surface area contributed by atoms with Crippen molar-refractivity contribution in [3.8, 4) is 16.9 Å². The van der Waals surface area contributed by atoms with Gasteiger partial charge in [0.25, 0.3) is 0 Å². The molecule has 0 aliphatic rings. The average molecular weight is 443 g/mol. The smallest absolute Gasteiger partial charge is 0.144 e. The molecule has 3 N–H and O–H groups in total. The molecule has 3 aromatic heterocycles. The minimum Gasteiger partial charge on any atom is -0.496 e. The first-order chi connectivity index (χ1) is 16.0. The van der Waals surface area contributed by atoms with Gasteiger partial charge in [-0.05, 0) is 44.0 Å². The predicted molar refractivity (Wildman–Crippen MR) is 130 cm³/mol. The third-order valence-electron chi connectivity index (χ3n) is 6.01. The first kappa shape index (κ1) is 21.0. The van der Waals surface area contributed by atoms with Crippen molar-refractivity contribution in [1.82, 2.24) is 15.0 Å². The number of aromatic amines is 1. The van der Waals surface area contributed by atoms with Crippen molar-refractivity contribution in [2.24, 2.45) is 0 Å². The molecule has 0 fully saturated rings. The molecule has 168 valence electrons. The van der Waals surface area contributed by atoms with E-state index >= 15 is 0 Å². The third-order valence-corrected chi connectivity index (χ3v) is 6.01. The molecular formula is C26H26N4O3. The summed E-state index contributed by atoms with van der Waals surface area (Å²) >= 11 is 0. The van der Waals surface area contributed by atoms with Gasteiger partial charge in [0.05, 0.1) is 31.4 Å². The van der Waals surface area contributed by atoms with Crippen LogP contribution in [0, 0.1) is 20.8 Å². The van der Waals surface area contributed by atoms with Crippen LogP contribution in [0.4, 0.5) is 5.82 Å². The highest BCUT2D eigenvalue weighted by molar-refractivity contribution is 6.12. The lowest BCUT2D eigenvalue weighted by Gasteiger charge is -2.18. The Morgan fingerprint density at radius 1 is 1.12 bits per heavy atom. The number of nitrogens with one attached hydrogen (secondary N) is 2. The number of benzene rings is 2. The number of nitrogens with zero attached hydrogens (tertiary/aromatic N) is 2. The van der Waals surface area contributed by atoms with Gasteiger partial charge in [-0.1, -0.05) is 30.3 Å². The summed E-state index contributed by atoms with van der Waals surface area (Å²) in [4.78, 5) is 12.8. The van der Waals surface area contributed by atoms with Crippen LogP contribution in [0.25, 0.3) is 33.1 Å². The number of H-pyrrole nitrogens is 1. The van der Waals surface area contributed by atoms with Crippen LogP contribution in [0.2, 0.25) is 0 Å². The van der Waals surface area contributed by atoms with Gasteiger partial charge < -0.3 is 24.6 Å². The fourth-order valence-electron chi connectivity index (χ4n) is 4.46. The van der Waals surface area contributed by atoms with E-state index in [4.69, 9.17) is 9.15 Å². The Morgan fingerprint density at radius 2 is 1.91 bits per heavy atom. The standard InChI is InChI=1S/C26H26N4O3/c1-14-13-33-15(2)23(14)19-10-20-18(11-22(19)32-4)24-25(29-20)27-16(3)28-26(24)30-21(12-31)17-8-6-5-7-9-17/h5-11,13,21,31H,12H2,1-4H3,(H2,27,28,29,30)/t21-/m0/s1. The molecule has 5 aromatic rings. The summed E-state index contributed by atoms with van der Waals surface area (Å²) in [5.74, 6) is 2.88. The van der Waals surface area contributed by atoms with Crippen molar-refractivity contribution in [2.45, 2.75) is 26.8 Å². The first-order valence-electron chi connectivity index (χ1n) is 10.9. The molecule has 0 saturated carbocycles. The Bertz CT molecular complexity index is 1430. The predicted octanol–water partition coefficient (Wildman–Crippen LogP) is 5.45. The number of hydrogen-bond donors (Lipinski definition) is 3. The molecule has 0 aliphatic heterocycles. The monoisotopic (exact) mass is 442 g/mol. The Morgan fingerprint density at radius 3 is 2.58 bits per heavy atom. The Balaban J connectivity index is 1.71. The molecule has 0 spiro atoms. The van der Waals surface area contributed by atoms with Gasteiger partial charge in [-0.25, -0.2) is 9.97 Å². The van der Waals surface area contributed by atoms with Crippen LogP contribution in [0.3, 0.4) is 0 Å². The van der Waals surface area contributed by atoms with Crippen LogP contribution in [-0.2, 0) is 0 Å². The van der Waals surface area contributed by atoms with E-state index < -0.39 is 0 Å². The normalized spacial score (nSPS) is 12.4. The zero-order valence-corrected chi connectivity index (χ0v) is 19.1. The minimum atomic E-state index is -0.300. The Labute approximate surface area is 191 Å². The van der Waals surface area contributed by atoms with E-state index in [-0.39, 0.29) is 12.6 Å². The van der Waals surface area contributed by atoms with Gasteiger partial charge >= 0.3 is 0 Å². The van der Waals surface area contributed by atoms with Gasteiger partial charge in [0.1, 0.15) is 28.8 Å². The number of hydrogen-bond acceptors (Lipinski definition) is 6. The number of ether oxygens (including phenoxy) is 1. The maximum Gasteiger partial charge on any atom is 0.144 e. The van der Waals surface area contributed by atoms with Crippen LogP contribution in [0.5, 0.6) is 5.75 Å². The van der Waals surface area contributed by atoms with Gasteiger partial charge in [-0.2, -0.15) is 0 Å². The van der Waals surface area contributed by atoms with Crippen LogP contribution >= 0.6 is 0 Å². The topological polar surface area (TPSA) is 96.2 Å². The second-order valence-corrected chi connectivity index (χ2v) is 8.21. The molecule has 2 aromatic carbocycles. The lowest BCUT2D eigenvalue weighted by atomic mass is 9.99. The van der Waals surface area contributed by atoms with Gasteiger partial charge in [0.2, 0.25) is 0 Å². The molecule has 33 heavy (non-hydrogen) atoms. The highest BCUT2D eigenvalue weighted by Gasteiger charge is 2.21. The van der Waals surface area contributed by atoms with Gasteiger partial charge in [0.15, 0.2) is 0 Å². The molecule has 1 atom stereocenters. The van der Waals surface area contributed by atoms with Crippen molar-refractivity contribution in [3.05, 3.63) is 71.4 Å². The van der Waals surface area contributed by atoms with E-state index in [1.807, 2.05) is 57.2 Å². The number of aliphatic hydroxyl groups excluding tert-OH is 1. The summed E-state index contributed by atoms with van der Waals surface area (Å²) in [5, 5.41) is 15.3. The molecule has 0 amide bonds. The van der Waals surface area contributed by atoms with Crippen molar-refractivity contribution < 1.29 is 14.3 Å². The minimum absolute atomic E-state index is 0.0660. The lowest BCUT2D eigenvalue weighted by molar-refractivity contribution is 0.276. The molecule has 0 aliphatic carbocycles. The number of anilines is 1. The van der Waals surface area contributed by atoms with Gasteiger partial charge in [-0.15, -0.1) is 0 Å². The lowest BCUT2D eigenvalue weighted by Crippen LogP contribution is -2.16. The number of aryl methyl sites for hydroxylation is 3. The van der Waals surface area contributed by atoms with Crippen LogP contribution in [0.1, 0.15) is 28.8 Å². The maximum atomic E-state index is 10.1. The molecule has 7 nitrogen and oxygen atoms in total. The molecule has 0 radical (unpaired) electrons. The van der Waals surface area contributed by atoms with Crippen LogP contribution in [0.15, 0.2) is 53.1 Å². The summed E-state index contributed by atoms with van der Waals surface area (Å²) < 4.78 is 11.4. The summed E-state index contributed by atoms with van der Waals surface area (Å²) in [6.07, 6.45) is 1.76. The summed E-state index contributed by atoms with van der Waals surface area (Å²) in [6.45, 7) is 5.77. The third kappa shape index (κ3) is 3.60. The SMILES string of the molecule is COc1cc2c(cc1-c1c(C)coc1C)[nH]c1nc(C)nc(N[C@@H](CO)c3ccccc3)c12. The first-order valence-corrected chi connectivity index (χ1v) is 10.9. The van der Waals surface area contributed by atoms with Crippen LogP contribution in [-0.4, -0.2) is 33.8 Å². The number of aliphatic hydroxyl groups is 1. The summed E-state index contributed by atoms with van der Waals surface area (Å²) in [7, 11) is 1.67. The highest BCUT2D eigenvalue weighted by atomic mass is 16.5. The Hall–Kier alpha value is -3.84. The molecular weight excluding hydrogens is 416 g/mol. The zero-order valence-electron chi connectivity index (χ0n) is 19.1. The number of methoxy groups -OCH3 is 1. The van der Waals surface area contributed by atoms with E-state index in [0.717, 1.165) is 55.7 Å². The van der Waals surface area contributed by atoms with E-state index in [0.29, 0.717) is 11.6 Å². The van der Waals surface area contributed by atoms with Gasteiger partial charge in [-0.3, -0.25) is 0 Å². The van der Waals surface area contributed by atoms with E-state index in [1.54, 1.807) is 13.4 Å². The molecule has 0 unspecified atom stereocenters. The molecule has 5 rings (SSSR count). The molecule has 0 saturated heterocycles. The summed E-state index contributed by atoms with van der Waals surface area (Å²) in [5.41, 5.74) is 5.66. The van der Waals surface area contributed by atoms with Crippen LogP contribution < -0.4 is 10.1 Å². The molecule has 7 heteroatoms. The number of furan rings is 1. The number of aromatic nitrogens is 3. The van der Waals surface area contributed by atoms with E-state index in [9.17, 15) is 5.11 Å². The quantitative estimate of drug-likeness (QED) is 0.324.